The Labute approximate surface area is 93.8 Å². The molecular formula is C14H12O2. The van der Waals surface area contributed by atoms with E-state index in [2.05, 4.69) is 0 Å². The SMILES string of the molecule is CC1CC(=O)c2c(ccc3ccccc23)O1. The molecule has 0 aliphatic carbocycles. The van der Waals surface area contributed by atoms with Crippen LogP contribution in [-0.4, -0.2) is 11.9 Å². The van der Waals surface area contributed by atoms with Gasteiger partial charge in [-0.2, -0.15) is 0 Å². The molecule has 0 amide bonds. The lowest BCUT2D eigenvalue weighted by Crippen LogP contribution is -2.24. The van der Waals surface area contributed by atoms with Crippen LogP contribution in [0, 0.1) is 0 Å². The lowest BCUT2D eigenvalue weighted by Gasteiger charge is -2.23. The summed E-state index contributed by atoms with van der Waals surface area (Å²) >= 11 is 0. The van der Waals surface area contributed by atoms with Crippen molar-refractivity contribution in [2.75, 3.05) is 0 Å². The average Bonchev–Trinajstić information content (AvgIpc) is 2.28. The molecule has 2 nitrogen and oxygen atoms in total. The maximum absolute atomic E-state index is 12.0. The fourth-order valence-electron chi connectivity index (χ4n) is 2.26. The number of ketones is 1. The van der Waals surface area contributed by atoms with Crippen LogP contribution in [0.1, 0.15) is 23.7 Å². The summed E-state index contributed by atoms with van der Waals surface area (Å²) in [6.07, 6.45) is 0.460. The molecule has 2 aromatic rings. The molecule has 0 saturated carbocycles. The number of hydrogen-bond donors (Lipinski definition) is 0. The van der Waals surface area contributed by atoms with Crippen molar-refractivity contribution in [1.29, 1.82) is 0 Å². The van der Waals surface area contributed by atoms with Crippen molar-refractivity contribution in [3.05, 3.63) is 42.0 Å². The number of rotatable bonds is 0. The van der Waals surface area contributed by atoms with E-state index in [0.29, 0.717) is 6.42 Å². The van der Waals surface area contributed by atoms with Crippen molar-refractivity contribution < 1.29 is 9.53 Å². The van der Waals surface area contributed by atoms with Gasteiger partial charge < -0.3 is 4.74 Å². The van der Waals surface area contributed by atoms with E-state index in [4.69, 9.17) is 4.74 Å². The molecule has 0 N–H and O–H groups in total. The van der Waals surface area contributed by atoms with Crippen molar-refractivity contribution in [1.82, 2.24) is 0 Å². The molecule has 16 heavy (non-hydrogen) atoms. The highest BCUT2D eigenvalue weighted by atomic mass is 16.5. The number of hydrogen-bond acceptors (Lipinski definition) is 2. The summed E-state index contributed by atoms with van der Waals surface area (Å²) in [7, 11) is 0. The van der Waals surface area contributed by atoms with Gasteiger partial charge >= 0.3 is 0 Å². The first-order valence-corrected chi connectivity index (χ1v) is 5.47. The second kappa shape index (κ2) is 3.34. The Kier molecular flexibility index (Phi) is 1.96. The fourth-order valence-corrected chi connectivity index (χ4v) is 2.26. The number of ether oxygens (including phenoxy) is 1. The lowest BCUT2D eigenvalue weighted by molar-refractivity contribution is 0.0874. The zero-order valence-electron chi connectivity index (χ0n) is 9.07. The van der Waals surface area contributed by atoms with Crippen LogP contribution in [0.2, 0.25) is 0 Å². The Morgan fingerprint density at radius 2 is 2.00 bits per heavy atom. The van der Waals surface area contributed by atoms with Gasteiger partial charge in [0.1, 0.15) is 11.9 Å². The van der Waals surface area contributed by atoms with Crippen molar-refractivity contribution in [3.8, 4) is 5.75 Å². The van der Waals surface area contributed by atoms with E-state index in [9.17, 15) is 4.79 Å². The highest BCUT2D eigenvalue weighted by Crippen LogP contribution is 2.33. The monoisotopic (exact) mass is 212 g/mol. The second-order valence-corrected chi connectivity index (χ2v) is 4.22. The van der Waals surface area contributed by atoms with Crippen molar-refractivity contribution in [2.45, 2.75) is 19.4 Å². The second-order valence-electron chi connectivity index (χ2n) is 4.22. The van der Waals surface area contributed by atoms with Crippen LogP contribution in [0.15, 0.2) is 36.4 Å². The highest BCUT2D eigenvalue weighted by molar-refractivity contribution is 6.11. The summed E-state index contributed by atoms with van der Waals surface area (Å²) in [6, 6.07) is 11.8. The molecule has 2 heteroatoms. The van der Waals surface area contributed by atoms with E-state index in [1.165, 1.54) is 0 Å². The van der Waals surface area contributed by atoms with Crippen LogP contribution in [0.3, 0.4) is 0 Å². The molecule has 2 aromatic carbocycles. The quantitative estimate of drug-likeness (QED) is 0.670. The van der Waals surface area contributed by atoms with Gasteiger partial charge in [-0.15, -0.1) is 0 Å². The van der Waals surface area contributed by atoms with Crippen LogP contribution >= 0.6 is 0 Å². The van der Waals surface area contributed by atoms with E-state index in [1.807, 2.05) is 43.3 Å². The van der Waals surface area contributed by atoms with Crippen LogP contribution in [0.4, 0.5) is 0 Å². The zero-order chi connectivity index (χ0) is 11.1. The summed E-state index contributed by atoms with van der Waals surface area (Å²) < 4.78 is 5.69. The van der Waals surface area contributed by atoms with Gasteiger partial charge in [-0.3, -0.25) is 4.79 Å². The molecule has 1 heterocycles. The van der Waals surface area contributed by atoms with E-state index in [0.717, 1.165) is 22.1 Å². The number of carbonyl (C=O) groups is 1. The van der Waals surface area contributed by atoms with Crippen molar-refractivity contribution >= 4 is 16.6 Å². The zero-order valence-corrected chi connectivity index (χ0v) is 9.07. The number of carbonyl (C=O) groups excluding carboxylic acids is 1. The molecular weight excluding hydrogens is 200 g/mol. The summed E-state index contributed by atoms with van der Waals surface area (Å²) in [5.41, 5.74) is 0.746. The molecule has 3 rings (SSSR count). The van der Waals surface area contributed by atoms with E-state index in [1.54, 1.807) is 0 Å². The molecule has 0 bridgehead atoms. The summed E-state index contributed by atoms with van der Waals surface area (Å²) in [6.45, 7) is 1.93. The van der Waals surface area contributed by atoms with Crippen LogP contribution in [0.5, 0.6) is 5.75 Å². The first-order chi connectivity index (χ1) is 7.75. The summed E-state index contributed by atoms with van der Waals surface area (Å²) in [5, 5.41) is 2.09. The number of benzene rings is 2. The fraction of sp³-hybridized carbons (Fsp3) is 0.214. The van der Waals surface area contributed by atoms with Gasteiger partial charge in [-0.1, -0.05) is 30.3 Å². The van der Waals surface area contributed by atoms with Gasteiger partial charge in [0.2, 0.25) is 0 Å². The first kappa shape index (κ1) is 9.40. The minimum absolute atomic E-state index is 0.0128. The number of fused-ring (bicyclic) bond motifs is 3. The van der Waals surface area contributed by atoms with Crippen molar-refractivity contribution in [2.24, 2.45) is 0 Å². The van der Waals surface area contributed by atoms with Crippen molar-refractivity contribution in [3.63, 3.8) is 0 Å². The van der Waals surface area contributed by atoms with Gasteiger partial charge in [-0.25, -0.2) is 0 Å². The van der Waals surface area contributed by atoms with E-state index >= 15 is 0 Å². The number of Topliss-reactive ketones (excluding diaryl/α,β-unsaturated/α-hetero) is 1. The van der Waals surface area contributed by atoms with Gasteiger partial charge in [-0.05, 0) is 23.8 Å². The maximum atomic E-state index is 12.0. The Morgan fingerprint density at radius 3 is 2.88 bits per heavy atom. The third-order valence-electron chi connectivity index (χ3n) is 2.97. The minimum Gasteiger partial charge on any atom is -0.489 e. The van der Waals surface area contributed by atoms with Crippen LogP contribution in [-0.2, 0) is 0 Å². The smallest absolute Gasteiger partial charge is 0.170 e. The Bertz CT molecular complexity index is 572. The average molecular weight is 212 g/mol. The molecule has 0 fully saturated rings. The Balaban J connectivity index is 2.33. The van der Waals surface area contributed by atoms with Crippen LogP contribution in [0.25, 0.3) is 10.8 Å². The van der Waals surface area contributed by atoms with Gasteiger partial charge in [0.15, 0.2) is 5.78 Å². The Hall–Kier alpha value is -1.83. The summed E-state index contributed by atoms with van der Waals surface area (Å²) in [5.74, 6) is 0.910. The topological polar surface area (TPSA) is 26.3 Å². The predicted molar refractivity (Wildman–Crippen MR) is 63.0 cm³/mol. The molecule has 0 aromatic heterocycles. The largest absolute Gasteiger partial charge is 0.489 e. The van der Waals surface area contributed by atoms with Gasteiger partial charge in [0.05, 0.1) is 5.56 Å². The van der Waals surface area contributed by atoms with E-state index in [-0.39, 0.29) is 11.9 Å². The molecule has 1 aliphatic rings. The van der Waals surface area contributed by atoms with E-state index < -0.39 is 0 Å². The molecule has 0 spiro atoms. The standard InChI is InChI=1S/C14H12O2/c1-9-8-12(15)14-11-5-3-2-4-10(11)6-7-13(14)16-9/h2-7,9H,8H2,1H3. The molecule has 1 unspecified atom stereocenters. The normalized spacial score (nSPS) is 19.3. The maximum Gasteiger partial charge on any atom is 0.170 e. The first-order valence-electron chi connectivity index (χ1n) is 5.47. The van der Waals surface area contributed by atoms with Gasteiger partial charge in [0, 0.05) is 6.42 Å². The van der Waals surface area contributed by atoms with Gasteiger partial charge in [0.25, 0.3) is 0 Å². The molecule has 0 saturated heterocycles. The summed E-state index contributed by atoms with van der Waals surface area (Å²) in [4.78, 5) is 12.0. The minimum atomic E-state index is -0.0128. The highest BCUT2D eigenvalue weighted by Gasteiger charge is 2.25. The molecule has 1 atom stereocenters. The Morgan fingerprint density at radius 1 is 1.19 bits per heavy atom. The lowest BCUT2D eigenvalue weighted by atomic mass is 9.95. The third-order valence-corrected chi connectivity index (χ3v) is 2.97. The molecule has 80 valence electrons. The van der Waals surface area contributed by atoms with Crippen LogP contribution < -0.4 is 4.74 Å². The molecule has 1 aliphatic heterocycles. The third kappa shape index (κ3) is 1.30. The predicted octanol–water partition coefficient (Wildman–Crippen LogP) is 3.19. The molecule has 0 radical (unpaired) electrons.